The van der Waals surface area contributed by atoms with Crippen molar-refractivity contribution in [3.05, 3.63) is 27.9 Å². The molecule has 0 saturated carbocycles. The number of fused-ring (bicyclic) bond motifs is 1. The van der Waals surface area contributed by atoms with Gasteiger partial charge < -0.3 is 0 Å². The maximum Gasteiger partial charge on any atom is 0.308 e. The molecule has 0 spiro atoms. The third kappa shape index (κ3) is 2.94. The van der Waals surface area contributed by atoms with Gasteiger partial charge in [-0.3, -0.25) is 9.36 Å². The van der Waals surface area contributed by atoms with Crippen molar-refractivity contribution in [2.24, 2.45) is 0 Å². The SMILES string of the molecule is CCn1c(=O)sc2cc(S(=O)(=O)NC(C)(C)C)ccc21. The van der Waals surface area contributed by atoms with E-state index in [1.165, 1.54) is 6.07 Å². The Morgan fingerprint density at radius 1 is 1.30 bits per heavy atom. The van der Waals surface area contributed by atoms with Gasteiger partial charge in [0.25, 0.3) is 0 Å². The van der Waals surface area contributed by atoms with Gasteiger partial charge in [0, 0.05) is 12.1 Å². The van der Waals surface area contributed by atoms with E-state index in [9.17, 15) is 13.2 Å². The molecule has 2 rings (SSSR count). The van der Waals surface area contributed by atoms with Crippen molar-refractivity contribution in [1.82, 2.24) is 9.29 Å². The van der Waals surface area contributed by atoms with Gasteiger partial charge >= 0.3 is 4.87 Å². The first-order chi connectivity index (χ1) is 9.14. The van der Waals surface area contributed by atoms with Gasteiger partial charge in [-0.05, 0) is 45.9 Å². The van der Waals surface area contributed by atoms with Crippen molar-refractivity contribution in [3.63, 3.8) is 0 Å². The molecule has 0 aliphatic carbocycles. The number of sulfonamides is 1. The molecule has 7 heteroatoms. The Bertz CT molecular complexity index is 795. The minimum Gasteiger partial charge on any atom is -0.299 e. The number of aryl methyl sites for hydroxylation is 1. The topological polar surface area (TPSA) is 68.2 Å². The molecule has 0 unspecified atom stereocenters. The molecule has 0 aliphatic rings. The smallest absolute Gasteiger partial charge is 0.299 e. The quantitative estimate of drug-likeness (QED) is 0.944. The van der Waals surface area contributed by atoms with Gasteiger partial charge in [0.1, 0.15) is 0 Å². The fourth-order valence-corrected chi connectivity index (χ4v) is 4.49. The molecule has 0 fully saturated rings. The zero-order chi connectivity index (χ0) is 15.1. The van der Waals surface area contributed by atoms with E-state index in [0.717, 1.165) is 16.9 Å². The summed E-state index contributed by atoms with van der Waals surface area (Å²) < 4.78 is 29.4. The average Bonchev–Trinajstić information content (AvgIpc) is 2.59. The maximum absolute atomic E-state index is 12.3. The fourth-order valence-electron chi connectivity index (χ4n) is 1.98. The highest BCUT2D eigenvalue weighted by molar-refractivity contribution is 7.89. The standard InChI is InChI=1S/C13H18N2O3S2/c1-5-15-10-7-6-9(8-11(10)19-12(15)16)20(17,18)14-13(2,3)4/h6-8,14H,5H2,1-4H3. The van der Waals surface area contributed by atoms with Gasteiger partial charge in [-0.25, -0.2) is 13.1 Å². The van der Waals surface area contributed by atoms with Crippen LogP contribution < -0.4 is 9.60 Å². The molecule has 110 valence electrons. The summed E-state index contributed by atoms with van der Waals surface area (Å²) in [6.45, 7) is 7.82. The number of hydrogen-bond donors (Lipinski definition) is 1. The average molecular weight is 314 g/mol. The molecule has 1 aromatic heterocycles. The summed E-state index contributed by atoms with van der Waals surface area (Å²) in [4.78, 5) is 11.9. The highest BCUT2D eigenvalue weighted by Crippen LogP contribution is 2.22. The first-order valence-electron chi connectivity index (χ1n) is 6.31. The molecule has 1 N–H and O–H groups in total. The lowest BCUT2D eigenvalue weighted by molar-refractivity contribution is 0.491. The zero-order valence-electron chi connectivity index (χ0n) is 11.9. The summed E-state index contributed by atoms with van der Waals surface area (Å²) >= 11 is 1.07. The van der Waals surface area contributed by atoms with Crippen LogP contribution in [0.25, 0.3) is 10.2 Å². The van der Waals surface area contributed by atoms with E-state index in [1.807, 2.05) is 6.92 Å². The molecule has 0 bridgehead atoms. The molecule has 0 amide bonds. The lowest BCUT2D eigenvalue weighted by Crippen LogP contribution is -2.40. The van der Waals surface area contributed by atoms with Crippen molar-refractivity contribution < 1.29 is 8.42 Å². The summed E-state index contributed by atoms with van der Waals surface area (Å²) in [6.07, 6.45) is 0. The second kappa shape index (κ2) is 4.98. The van der Waals surface area contributed by atoms with Crippen LogP contribution >= 0.6 is 11.3 Å². The van der Waals surface area contributed by atoms with Crippen molar-refractivity contribution in [2.75, 3.05) is 0 Å². The number of thiazole rings is 1. The Kier molecular flexibility index (Phi) is 3.79. The molecule has 0 saturated heterocycles. The minimum atomic E-state index is -3.57. The summed E-state index contributed by atoms with van der Waals surface area (Å²) in [5.41, 5.74) is 0.230. The molecule has 0 atom stereocenters. The largest absolute Gasteiger partial charge is 0.308 e. The van der Waals surface area contributed by atoms with Crippen molar-refractivity contribution in [3.8, 4) is 0 Å². The molecular weight excluding hydrogens is 296 g/mol. The van der Waals surface area contributed by atoms with Crippen LogP contribution in [-0.2, 0) is 16.6 Å². The summed E-state index contributed by atoms with van der Waals surface area (Å²) in [7, 11) is -3.57. The normalized spacial score (nSPS) is 13.0. The Morgan fingerprint density at radius 3 is 2.50 bits per heavy atom. The Balaban J connectivity index is 2.55. The number of nitrogens with zero attached hydrogens (tertiary/aromatic N) is 1. The predicted molar refractivity (Wildman–Crippen MR) is 81.8 cm³/mol. The van der Waals surface area contributed by atoms with E-state index in [2.05, 4.69) is 4.72 Å². The highest BCUT2D eigenvalue weighted by atomic mass is 32.2. The third-order valence-corrected chi connectivity index (χ3v) is 5.40. The van der Waals surface area contributed by atoms with Gasteiger partial charge in [0.05, 0.1) is 15.1 Å². The number of aromatic nitrogens is 1. The molecule has 0 aliphatic heterocycles. The minimum absolute atomic E-state index is 0.0687. The molecule has 0 radical (unpaired) electrons. The van der Waals surface area contributed by atoms with E-state index < -0.39 is 15.6 Å². The van der Waals surface area contributed by atoms with Crippen LogP contribution in [0.1, 0.15) is 27.7 Å². The first-order valence-corrected chi connectivity index (χ1v) is 8.61. The van der Waals surface area contributed by atoms with E-state index in [4.69, 9.17) is 0 Å². The van der Waals surface area contributed by atoms with Crippen molar-refractivity contribution in [2.45, 2.75) is 44.7 Å². The lowest BCUT2D eigenvalue weighted by atomic mass is 10.1. The van der Waals surface area contributed by atoms with Crippen molar-refractivity contribution >= 4 is 31.6 Å². The van der Waals surface area contributed by atoms with Crippen LogP contribution in [0.2, 0.25) is 0 Å². The predicted octanol–water partition coefficient (Wildman–Crippen LogP) is 2.16. The molecule has 1 aromatic carbocycles. The fraction of sp³-hybridized carbons (Fsp3) is 0.462. The van der Waals surface area contributed by atoms with Gasteiger partial charge in [0.15, 0.2) is 0 Å². The monoisotopic (exact) mass is 314 g/mol. The zero-order valence-corrected chi connectivity index (χ0v) is 13.6. The number of nitrogens with one attached hydrogen (secondary N) is 1. The third-order valence-electron chi connectivity index (χ3n) is 2.71. The number of hydrogen-bond acceptors (Lipinski definition) is 4. The lowest BCUT2D eigenvalue weighted by Gasteiger charge is -2.20. The number of benzene rings is 1. The summed E-state index contributed by atoms with van der Waals surface area (Å²) in [5, 5.41) is 0. The molecular formula is C13H18N2O3S2. The summed E-state index contributed by atoms with van der Waals surface area (Å²) in [5.74, 6) is 0. The molecule has 5 nitrogen and oxygen atoms in total. The molecule has 20 heavy (non-hydrogen) atoms. The second-order valence-electron chi connectivity index (χ2n) is 5.60. The van der Waals surface area contributed by atoms with Crippen LogP contribution in [0.5, 0.6) is 0 Å². The van der Waals surface area contributed by atoms with Gasteiger partial charge in [-0.15, -0.1) is 0 Å². The Hall–Kier alpha value is -1.18. The summed E-state index contributed by atoms with van der Waals surface area (Å²) in [6, 6.07) is 4.78. The first kappa shape index (κ1) is 15.2. The van der Waals surface area contributed by atoms with Crippen LogP contribution in [0.4, 0.5) is 0 Å². The van der Waals surface area contributed by atoms with Crippen LogP contribution in [0, 0.1) is 0 Å². The molecule has 2 aromatic rings. The number of rotatable bonds is 3. The van der Waals surface area contributed by atoms with E-state index in [0.29, 0.717) is 11.2 Å². The van der Waals surface area contributed by atoms with Crippen LogP contribution in [0.3, 0.4) is 0 Å². The van der Waals surface area contributed by atoms with E-state index in [1.54, 1.807) is 37.5 Å². The van der Waals surface area contributed by atoms with Crippen LogP contribution in [-0.4, -0.2) is 18.5 Å². The van der Waals surface area contributed by atoms with Crippen LogP contribution in [0.15, 0.2) is 27.9 Å². The van der Waals surface area contributed by atoms with E-state index in [-0.39, 0.29) is 9.77 Å². The van der Waals surface area contributed by atoms with Gasteiger partial charge in [-0.1, -0.05) is 11.3 Å². The Morgan fingerprint density at radius 2 is 1.95 bits per heavy atom. The van der Waals surface area contributed by atoms with E-state index >= 15 is 0 Å². The van der Waals surface area contributed by atoms with Gasteiger partial charge in [-0.2, -0.15) is 0 Å². The molecule has 1 heterocycles. The highest BCUT2D eigenvalue weighted by Gasteiger charge is 2.22. The maximum atomic E-state index is 12.3. The second-order valence-corrected chi connectivity index (χ2v) is 8.27. The Labute approximate surface area is 122 Å². The van der Waals surface area contributed by atoms with Gasteiger partial charge in [0.2, 0.25) is 10.0 Å². The van der Waals surface area contributed by atoms with Crippen molar-refractivity contribution in [1.29, 1.82) is 0 Å².